The minimum atomic E-state index is -4.00. The smallest absolute Gasteiger partial charge is 0.283 e. The first kappa shape index (κ1) is 21.5. The maximum Gasteiger partial charge on any atom is 0.283 e. The fourth-order valence-electron chi connectivity index (χ4n) is 3.66. The first-order valence-electron chi connectivity index (χ1n) is 9.98. The van der Waals surface area contributed by atoms with Crippen LogP contribution in [0.15, 0.2) is 87.8 Å². The molecule has 0 atom stereocenters. The van der Waals surface area contributed by atoms with E-state index in [1.165, 1.54) is 13.2 Å². The van der Waals surface area contributed by atoms with Crippen molar-refractivity contribution in [3.05, 3.63) is 101 Å². The van der Waals surface area contributed by atoms with Crippen LogP contribution < -0.4 is 10.1 Å². The van der Waals surface area contributed by atoms with E-state index in [0.29, 0.717) is 28.1 Å². The van der Waals surface area contributed by atoms with Gasteiger partial charge >= 0.3 is 0 Å². The maximum absolute atomic E-state index is 13.1. The molecule has 4 rings (SSSR count). The number of methoxy groups -OCH3 is 1. The van der Waals surface area contributed by atoms with Gasteiger partial charge in [-0.2, -0.15) is 12.8 Å². The Kier molecular flexibility index (Phi) is 5.67. The second-order valence-corrected chi connectivity index (χ2v) is 9.05. The minimum absolute atomic E-state index is 0.137. The van der Waals surface area contributed by atoms with Crippen LogP contribution >= 0.6 is 0 Å². The summed E-state index contributed by atoms with van der Waals surface area (Å²) in [7, 11) is -2.46. The number of hydrogen-bond donors (Lipinski definition) is 1. The van der Waals surface area contributed by atoms with Gasteiger partial charge in [-0.05, 0) is 43.7 Å². The summed E-state index contributed by atoms with van der Waals surface area (Å²) in [5.41, 5.74) is 3.42. The minimum Gasteiger partial charge on any atom is -0.495 e. The highest BCUT2D eigenvalue weighted by Gasteiger charge is 2.27. The molecule has 0 aliphatic heterocycles. The molecule has 32 heavy (non-hydrogen) atoms. The summed E-state index contributed by atoms with van der Waals surface area (Å²) < 4.78 is 35.8. The normalized spacial score (nSPS) is 14.7. The van der Waals surface area contributed by atoms with Crippen LogP contribution in [0.5, 0.6) is 5.75 Å². The maximum atomic E-state index is 13.1. The highest BCUT2D eigenvalue weighted by molar-refractivity contribution is 7.90. The van der Waals surface area contributed by atoms with Crippen LogP contribution in [0.3, 0.4) is 0 Å². The number of rotatable bonds is 5. The number of carbonyl (C=O) groups excluding carboxylic acids is 1. The van der Waals surface area contributed by atoms with Gasteiger partial charge in [0.25, 0.3) is 10.0 Å². The van der Waals surface area contributed by atoms with E-state index in [1.807, 2.05) is 19.1 Å². The Balaban J connectivity index is 1.84. The lowest BCUT2D eigenvalue weighted by atomic mass is 9.92. The van der Waals surface area contributed by atoms with Gasteiger partial charge in [0.05, 0.1) is 29.1 Å². The van der Waals surface area contributed by atoms with Gasteiger partial charge in [0.1, 0.15) is 5.75 Å². The van der Waals surface area contributed by atoms with Crippen molar-refractivity contribution >= 4 is 27.2 Å². The van der Waals surface area contributed by atoms with E-state index in [4.69, 9.17) is 4.74 Å². The number of allylic oxidation sites excluding steroid dienone is 2. The number of nitrogens with zero attached hydrogens (tertiary/aromatic N) is 1. The molecule has 0 saturated heterocycles. The Morgan fingerprint density at radius 3 is 2.31 bits per heavy atom. The number of nitrogens with one attached hydrogen (secondary N) is 1. The van der Waals surface area contributed by atoms with Crippen LogP contribution in [-0.2, 0) is 10.0 Å². The third kappa shape index (κ3) is 4.07. The first-order valence-corrected chi connectivity index (χ1v) is 11.4. The number of aryl methyl sites for hydroxylation is 2. The van der Waals surface area contributed by atoms with Crippen molar-refractivity contribution < 1.29 is 17.9 Å². The van der Waals surface area contributed by atoms with E-state index in [-0.39, 0.29) is 22.1 Å². The molecule has 0 saturated carbocycles. The van der Waals surface area contributed by atoms with Crippen LogP contribution in [0.25, 0.3) is 0 Å². The molecule has 0 fully saturated rings. The van der Waals surface area contributed by atoms with Crippen molar-refractivity contribution in [2.45, 2.75) is 18.7 Å². The van der Waals surface area contributed by atoms with Gasteiger partial charge in [-0.1, -0.05) is 54.1 Å². The molecule has 7 heteroatoms. The zero-order valence-electron chi connectivity index (χ0n) is 17.9. The number of ether oxygens (including phenoxy) is 1. The highest BCUT2D eigenvalue weighted by Crippen LogP contribution is 2.29. The van der Waals surface area contributed by atoms with Crippen molar-refractivity contribution in [1.29, 1.82) is 0 Å². The Bertz CT molecular complexity index is 1390. The lowest BCUT2D eigenvalue weighted by Gasteiger charge is -2.19. The summed E-state index contributed by atoms with van der Waals surface area (Å²) in [4.78, 5) is 13.3. The van der Waals surface area contributed by atoms with Crippen LogP contribution in [-0.4, -0.2) is 27.0 Å². The number of fused-ring (bicyclic) bond motifs is 1. The monoisotopic (exact) mass is 446 g/mol. The summed E-state index contributed by atoms with van der Waals surface area (Å²) in [5.74, 6) is 0.302. The summed E-state index contributed by atoms with van der Waals surface area (Å²) >= 11 is 0. The fourth-order valence-corrected chi connectivity index (χ4v) is 4.87. The van der Waals surface area contributed by atoms with E-state index in [2.05, 4.69) is 9.71 Å². The van der Waals surface area contributed by atoms with Crippen LogP contribution in [0, 0.1) is 13.8 Å². The van der Waals surface area contributed by atoms with Gasteiger partial charge < -0.3 is 10.1 Å². The predicted octanol–water partition coefficient (Wildman–Crippen LogP) is 4.68. The number of anilines is 1. The molecular weight excluding hydrogens is 424 g/mol. The zero-order valence-corrected chi connectivity index (χ0v) is 18.7. The van der Waals surface area contributed by atoms with Crippen molar-refractivity contribution in [3.63, 3.8) is 0 Å². The van der Waals surface area contributed by atoms with E-state index in [9.17, 15) is 13.2 Å². The molecule has 1 N–H and O–H groups in total. The van der Waals surface area contributed by atoms with Gasteiger partial charge in [0.2, 0.25) is 5.78 Å². The molecule has 1 aliphatic rings. The third-order valence-corrected chi connectivity index (χ3v) is 6.63. The summed E-state index contributed by atoms with van der Waals surface area (Å²) in [6.07, 6.45) is 1.47. The van der Waals surface area contributed by atoms with Crippen molar-refractivity contribution in [2.24, 2.45) is 4.40 Å². The number of carbonyl (C=O) groups is 1. The van der Waals surface area contributed by atoms with Crippen LogP contribution in [0.1, 0.15) is 27.0 Å². The van der Waals surface area contributed by atoms with Crippen LogP contribution in [0.4, 0.5) is 5.69 Å². The van der Waals surface area contributed by atoms with E-state index in [1.54, 1.807) is 61.5 Å². The van der Waals surface area contributed by atoms with E-state index < -0.39 is 10.0 Å². The Hall–Kier alpha value is -3.71. The van der Waals surface area contributed by atoms with Crippen molar-refractivity contribution in [3.8, 4) is 5.75 Å². The Morgan fingerprint density at radius 2 is 1.59 bits per heavy atom. The molecule has 0 heterocycles. The quantitative estimate of drug-likeness (QED) is 0.615. The highest BCUT2D eigenvalue weighted by atomic mass is 32.2. The van der Waals surface area contributed by atoms with Gasteiger partial charge in [0.15, 0.2) is 0 Å². The number of hydrogen-bond acceptors (Lipinski definition) is 5. The molecule has 0 bridgehead atoms. The lowest BCUT2D eigenvalue weighted by molar-refractivity contribution is 0.103. The molecule has 0 amide bonds. The first-order chi connectivity index (χ1) is 15.3. The molecule has 3 aromatic rings. The topological polar surface area (TPSA) is 84.8 Å². The number of Topliss-reactive ketones (excluding diaryl/α,β-unsaturated/α-hetero) is 1. The fraction of sp³-hybridized carbons (Fsp3) is 0.120. The second-order valence-electron chi connectivity index (χ2n) is 7.48. The van der Waals surface area contributed by atoms with Crippen molar-refractivity contribution in [2.75, 3.05) is 12.4 Å². The van der Waals surface area contributed by atoms with E-state index in [0.717, 1.165) is 5.56 Å². The van der Waals surface area contributed by atoms with Crippen molar-refractivity contribution in [1.82, 2.24) is 0 Å². The van der Waals surface area contributed by atoms with Crippen LogP contribution in [0.2, 0.25) is 0 Å². The van der Waals surface area contributed by atoms with Gasteiger partial charge in [-0.25, -0.2) is 0 Å². The summed E-state index contributed by atoms with van der Waals surface area (Å²) in [5, 5.41) is 3.08. The molecular formula is C25H22N2O4S. The van der Waals surface area contributed by atoms with Gasteiger partial charge in [0, 0.05) is 11.1 Å². The van der Waals surface area contributed by atoms with Gasteiger partial charge in [-0.3, -0.25) is 4.79 Å². The predicted molar refractivity (Wildman–Crippen MR) is 125 cm³/mol. The molecule has 0 radical (unpaired) electrons. The molecule has 162 valence electrons. The molecule has 3 aromatic carbocycles. The largest absolute Gasteiger partial charge is 0.495 e. The molecule has 1 aliphatic carbocycles. The summed E-state index contributed by atoms with van der Waals surface area (Å²) in [6, 6.07) is 19.1. The standard InChI is InChI=1S/C25H22N2O4S/c1-16-12-13-24(17(2)14-16)32(29,30)27-21-15-22(25(28)19-9-5-4-8-18(19)21)26-20-10-6-7-11-23(20)31-3/h4-15,26H,1-3H3/b27-21-. The Morgan fingerprint density at radius 1 is 0.906 bits per heavy atom. The molecule has 6 nitrogen and oxygen atoms in total. The Labute approximate surface area is 187 Å². The second kappa shape index (κ2) is 8.43. The SMILES string of the molecule is COc1ccccc1NC1=C/C(=N/S(=O)(=O)c2ccc(C)cc2C)c2ccccc2C1=O. The third-order valence-electron chi connectivity index (χ3n) is 5.18. The van der Waals surface area contributed by atoms with E-state index >= 15 is 0 Å². The average molecular weight is 447 g/mol. The molecule has 0 spiro atoms. The lowest BCUT2D eigenvalue weighted by Crippen LogP contribution is -2.23. The number of para-hydroxylation sites is 2. The van der Waals surface area contributed by atoms with Gasteiger partial charge in [-0.15, -0.1) is 0 Å². The summed E-state index contributed by atoms with van der Waals surface area (Å²) in [6.45, 7) is 3.64. The molecule has 0 aromatic heterocycles. The number of sulfonamides is 1. The number of benzene rings is 3. The molecule has 0 unspecified atom stereocenters. The number of ketones is 1. The average Bonchev–Trinajstić information content (AvgIpc) is 2.77. The zero-order chi connectivity index (χ0) is 22.9.